The molecule has 23 heavy (non-hydrogen) atoms. The SMILES string of the molecule is O=S(=O)(NCc1ccccc1Cl)c1cc(C(F)(F)F)ccc1Cl. The number of hydrogen-bond acceptors (Lipinski definition) is 2. The topological polar surface area (TPSA) is 46.2 Å². The Kier molecular flexibility index (Phi) is 5.25. The number of alkyl halides is 3. The van der Waals surface area contributed by atoms with Crippen molar-refractivity contribution in [3.05, 3.63) is 63.6 Å². The Morgan fingerprint density at radius 1 is 1.00 bits per heavy atom. The predicted molar refractivity (Wildman–Crippen MR) is 81.9 cm³/mol. The molecule has 0 bridgehead atoms. The fourth-order valence-electron chi connectivity index (χ4n) is 1.78. The molecular weight excluding hydrogens is 374 g/mol. The Hall–Kier alpha value is -1.28. The van der Waals surface area contributed by atoms with Crippen molar-refractivity contribution < 1.29 is 21.6 Å². The van der Waals surface area contributed by atoms with E-state index in [0.29, 0.717) is 16.7 Å². The van der Waals surface area contributed by atoms with Gasteiger partial charge in [-0.25, -0.2) is 13.1 Å². The van der Waals surface area contributed by atoms with Crippen molar-refractivity contribution in [1.29, 1.82) is 0 Å². The van der Waals surface area contributed by atoms with Crippen molar-refractivity contribution in [3.63, 3.8) is 0 Å². The highest BCUT2D eigenvalue weighted by Gasteiger charge is 2.32. The van der Waals surface area contributed by atoms with Gasteiger partial charge < -0.3 is 0 Å². The zero-order valence-electron chi connectivity index (χ0n) is 11.4. The standard InChI is InChI=1S/C14H10Cl2F3NO2S/c15-11-4-2-1-3-9(11)8-20-23(21,22)13-7-10(14(17,18)19)5-6-12(13)16/h1-7,20H,8H2. The predicted octanol–water partition coefficient (Wildman–Crippen LogP) is 4.49. The van der Waals surface area contributed by atoms with E-state index in [9.17, 15) is 21.6 Å². The van der Waals surface area contributed by atoms with Crippen LogP contribution in [0.2, 0.25) is 10.0 Å². The molecule has 0 aromatic heterocycles. The average Bonchev–Trinajstić information content (AvgIpc) is 2.45. The second-order valence-electron chi connectivity index (χ2n) is 4.56. The maximum atomic E-state index is 12.7. The normalized spacial score (nSPS) is 12.4. The fraction of sp³-hybridized carbons (Fsp3) is 0.143. The minimum Gasteiger partial charge on any atom is -0.207 e. The summed E-state index contributed by atoms with van der Waals surface area (Å²) in [5, 5.41) is 0.0370. The maximum absolute atomic E-state index is 12.7. The van der Waals surface area contributed by atoms with E-state index in [1.54, 1.807) is 24.3 Å². The van der Waals surface area contributed by atoms with Crippen LogP contribution in [-0.2, 0) is 22.7 Å². The van der Waals surface area contributed by atoms with Crippen molar-refractivity contribution in [1.82, 2.24) is 4.72 Å². The van der Waals surface area contributed by atoms with Gasteiger partial charge in [-0.1, -0.05) is 41.4 Å². The molecule has 9 heteroatoms. The Morgan fingerprint density at radius 3 is 2.26 bits per heavy atom. The van der Waals surface area contributed by atoms with E-state index >= 15 is 0 Å². The summed E-state index contributed by atoms with van der Waals surface area (Å²) < 4.78 is 64.8. The highest BCUT2D eigenvalue weighted by molar-refractivity contribution is 7.89. The molecule has 0 unspecified atom stereocenters. The van der Waals surface area contributed by atoms with Crippen LogP contribution in [0.25, 0.3) is 0 Å². The number of nitrogens with one attached hydrogen (secondary N) is 1. The quantitative estimate of drug-likeness (QED) is 0.845. The van der Waals surface area contributed by atoms with Crippen LogP contribution in [0.3, 0.4) is 0 Å². The molecule has 0 fully saturated rings. The van der Waals surface area contributed by atoms with E-state index in [1.807, 2.05) is 0 Å². The molecule has 0 saturated carbocycles. The third-order valence-corrected chi connectivity index (χ3v) is 5.21. The molecule has 0 heterocycles. The lowest BCUT2D eigenvalue weighted by Crippen LogP contribution is -2.24. The first-order chi connectivity index (χ1) is 10.6. The monoisotopic (exact) mass is 383 g/mol. The molecule has 0 radical (unpaired) electrons. The largest absolute Gasteiger partial charge is 0.416 e. The molecule has 0 aliphatic heterocycles. The summed E-state index contributed by atoms with van der Waals surface area (Å²) in [5.74, 6) is 0. The van der Waals surface area contributed by atoms with E-state index in [2.05, 4.69) is 4.72 Å². The number of sulfonamides is 1. The van der Waals surface area contributed by atoms with E-state index in [1.165, 1.54) is 0 Å². The molecule has 0 amide bonds. The molecule has 2 aromatic carbocycles. The van der Waals surface area contributed by atoms with Crippen LogP contribution in [-0.4, -0.2) is 8.42 Å². The van der Waals surface area contributed by atoms with Gasteiger partial charge in [-0.15, -0.1) is 0 Å². The summed E-state index contributed by atoms with van der Waals surface area (Å²) in [7, 11) is -4.23. The minimum absolute atomic E-state index is 0.172. The van der Waals surface area contributed by atoms with Gasteiger partial charge in [-0.2, -0.15) is 13.2 Å². The van der Waals surface area contributed by atoms with Gasteiger partial charge in [0.2, 0.25) is 10.0 Å². The van der Waals surface area contributed by atoms with Crippen LogP contribution in [0.4, 0.5) is 13.2 Å². The van der Waals surface area contributed by atoms with Crippen LogP contribution in [0.5, 0.6) is 0 Å². The maximum Gasteiger partial charge on any atom is 0.416 e. The molecule has 0 saturated heterocycles. The Morgan fingerprint density at radius 2 is 1.65 bits per heavy atom. The third kappa shape index (κ3) is 4.38. The Labute approximate surface area is 141 Å². The summed E-state index contributed by atoms with van der Waals surface area (Å²) >= 11 is 11.6. The lowest BCUT2D eigenvalue weighted by atomic mass is 10.2. The number of halogens is 5. The van der Waals surface area contributed by atoms with Crippen LogP contribution >= 0.6 is 23.2 Å². The van der Waals surface area contributed by atoms with Crippen LogP contribution in [0.15, 0.2) is 47.4 Å². The van der Waals surface area contributed by atoms with Crippen molar-refractivity contribution in [2.45, 2.75) is 17.6 Å². The van der Waals surface area contributed by atoms with Gasteiger partial charge in [-0.3, -0.25) is 0 Å². The first-order valence-electron chi connectivity index (χ1n) is 6.21. The molecule has 0 aliphatic carbocycles. The summed E-state index contributed by atoms with van der Waals surface area (Å²) in [4.78, 5) is -0.638. The van der Waals surface area contributed by atoms with Crippen LogP contribution in [0.1, 0.15) is 11.1 Å². The highest BCUT2D eigenvalue weighted by Crippen LogP contribution is 2.33. The summed E-state index contributed by atoms with van der Waals surface area (Å²) in [5.41, 5.74) is -0.610. The van der Waals surface area contributed by atoms with Gasteiger partial charge in [0.25, 0.3) is 0 Å². The summed E-state index contributed by atoms with van der Waals surface area (Å²) in [6, 6.07) is 8.61. The van der Waals surface area contributed by atoms with E-state index in [-0.39, 0.29) is 11.6 Å². The Balaban J connectivity index is 2.31. The van der Waals surface area contributed by atoms with E-state index in [4.69, 9.17) is 23.2 Å². The first kappa shape index (κ1) is 18.1. The van der Waals surface area contributed by atoms with E-state index in [0.717, 1.165) is 12.1 Å². The van der Waals surface area contributed by atoms with Crippen LogP contribution in [0, 0.1) is 0 Å². The summed E-state index contributed by atoms with van der Waals surface area (Å²) in [6.07, 6.45) is -4.67. The number of rotatable bonds is 4. The van der Waals surface area contributed by atoms with Gasteiger partial charge in [0.05, 0.1) is 10.6 Å². The van der Waals surface area contributed by atoms with Gasteiger partial charge >= 0.3 is 6.18 Å². The Bertz CT molecular complexity index is 823. The molecular formula is C14H10Cl2F3NO2S. The third-order valence-electron chi connectivity index (χ3n) is 2.96. The summed E-state index contributed by atoms with van der Waals surface area (Å²) in [6.45, 7) is -0.172. The van der Waals surface area contributed by atoms with Gasteiger partial charge in [0.1, 0.15) is 4.90 Å². The van der Waals surface area contributed by atoms with Crippen molar-refractivity contribution in [3.8, 4) is 0 Å². The lowest BCUT2D eigenvalue weighted by molar-refractivity contribution is -0.137. The lowest BCUT2D eigenvalue weighted by Gasteiger charge is -2.12. The molecule has 1 N–H and O–H groups in total. The second-order valence-corrected chi connectivity index (χ2v) is 7.11. The van der Waals surface area contributed by atoms with Crippen molar-refractivity contribution in [2.24, 2.45) is 0 Å². The first-order valence-corrected chi connectivity index (χ1v) is 8.45. The zero-order valence-corrected chi connectivity index (χ0v) is 13.7. The highest BCUT2D eigenvalue weighted by atomic mass is 35.5. The molecule has 0 aliphatic rings. The molecule has 2 rings (SSSR count). The number of hydrogen-bond donors (Lipinski definition) is 1. The molecule has 124 valence electrons. The van der Waals surface area contributed by atoms with Gasteiger partial charge in [-0.05, 0) is 29.8 Å². The second kappa shape index (κ2) is 6.68. The molecule has 0 spiro atoms. The van der Waals surface area contributed by atoms with Crippen molar-refractivity contribution >= 4 is 33.2 Å². The number of benzene rings is 2. The van der Waals surface area contributed by atoms with E-state index < -0.39 is 26.7 Å². The fourth-order valence-corrected chi connectivity index (χ4v) is 3.51. The zero-order chi connectivity index (χ0) is 17.3. The minimum atomic E-state index is -4.67. The average molecular weight is 384 g/mol. The van der Waals surface area contributed by atoms with Gasteiger partial charge in [0.15, 0.2) is 0 Å². The molecule has 2 aromatic rings. The van der Waals surface area contributed by atoms with Gasteiger partial charge in [0, 0.05) is 11.6 Å². The smallest absolute Gasteiger partial charge is 0.207 e. The molecule has 0 atom stereocenters. The van der Waals surface area contributed by atoms with Crippen molar-refractivity contribution in [2.75, 3.05) is 0 Å². The van der Waals surface area contributed by atoms with Crippen LogP contribution < -0.4 is 4.72 Å². The molecule has 3 nitrogen and oxygen atoms in total.